The SMILES string of the molecule is CC(=O)Nc1ccc(NC(=O)CC(=O)O)c(C(F)(F)F)c1. The largest absolute Gasteiger partial charge is 0.481 e. The number of carbonyl (C=O) groups excluding carboxylic acids is 2. The Hall–Kier alpha value is -2.58. The number of hydrogen-bond acceptors (Lipinski definition) is 3. The number of aliphatic carboxylic acids is 1. The predicted octanol–water partition coefficient (Wildman–Crippen LogP) is 2.08. The second kappa shape index (κ2) is 6.25. The van der Waals surface area contributed by atoms with Crippen LogP contribution in [0, 0.1) is 0 Å². The van der Waals surface area contributed by atoms with E-state index >= 15 is 0 Å². The van der Waals surface area contributed by atoms with Gasteiger partial charge in [-0.2, -0.15) is 13.2 Å². The Labute approximate surface area is 116 Å². The smallest absolute Gasteiger partial charge is 0.418 e. The van der Waals surface area contributed by atoms with Crippen LogP contribution in [0.4, 0.5) is 24.5 Å². The van der Waals surface area contributed by atoms with E-state index in [2.05, 4.69) is 5.32 Å². The van der Waals surface area contributed by atoms with Gasteiger partial charge in [-0.3, -0.25) is 14.4 Å². The fourth-order valence-electron chi connectivity index (χ4n) is 1.50. The topological polar surface area (TPSA) is 95.5 Å². The van der Waals surface area contributed by atoms with Gasteiger partial charge in [0.15, 0.2) is 0 Å². The molecule has 0 bridgehead atoms. The number of carboxylic acid groups (broad SMARTS) is 1. The highest BCUT2D eigenvalue weighted by atomic mass is 19.4. The maximum atomic E-state index is 12.9. The molecule has 21 heavy (non-hydrogen) atoms. The molecule has 0 aliphatic rings. The van der Waals surface area contributed by atoms with Gasteiger partial charge in [-0.25, -0.2) is 0 Å². The summed E-state index contributed by atoms with van der Waals surface area (Å²) in [4.78, 5) is 32.4. The summed E-state index contributed by atoms with van der Waals surface area (Å²) in [7, 11) is 0. The number of nitrogens with one attached hydrogen (secondary N) is 2. The molecule has 0 fully saturated rings. The highest BCUT2D eigenvalue weighted by molar-refractivity contribution is 6.02. The minimum Gasteiger partial charge on any atom is -0.481 e. The van der Waals surface area contributed by atoms with Gasteiger partial charge in [0.25, 0.3) is 0 Å². The van der Waals surface area contributed by atoms with Crippen molar-refractivity contribution in [3.63, 3.8) is 0 Å². The number of halogens is 3. The Balaban J connectivity index is 3.11. The van der Waals surface area contributed by atoms with Gasteiger partial charge in [0.2, 0.25) is 11.8 Å². The third-order valence-electron chi connectivity index (χ3n) is 2.23. The van der Waals surface area contributed by atoms with E-state index in [1.54, 1.807) is 0 Å². The standard InChI is InChI=1S/C12H11F3N2O4/c1-6(18)16-7-2-3-9(8(4-7)12(13,14)15)17-10(19)5-11(20)21/h2-4H,5H2,1H3,(H,16,18)(H,17,19)(H,20,21). The first-order valence-corrected chi connectivity index (χ1v) is 5.60. The molecule has 9 heteroatoms. The van der Waals surface area contributed by atoms with Crippen LogP contribution < -0.4 is 10.6 Å². The summed E-state index contributed by atoms with van der Waals surface area (Å²) in [6.45, 7) is 1.13. The molecule has 3 N–H and O–H groups in total. The van der Waals surface area contributed by atoms with Gasteiger partial charge in [-0.15, -0.1) is 0 Å². The third kappa shape index (κ3) is 5.13. The lowest BCUT2D eigenvalue weighted by Crippen LogP contribution is -2.19. The van der Waals surface area contributed by atoms with Gasteiger partial charge in [-0.1, -0.05) is 0 Å². The maximum Gasteiger partial charge on any atom is 0.418 e. The van der Waals surface area contributed by atoms with Crippen LogP contribution in [0.15, 0.2) is 18.2 Å². The van der Waals surface area contributed by atoms with E-state index in [1.165, 1.54) is 0 Å². The summed E-state index contributed by atoms with van der Waals surface area (Å²) in [5.41, 5.74) is -1.86. The number of alkyl halides is 3. The summed E-state index contributed by atoms with van der Waals surface area (Å²) in [6.07, 6.45) is -5.73. The number of carbonyl (C=O) groups is 3. The minimum absolute atomic E-state index is 0.0916. The lowest BCUT2D eigenvalue weighted by molar-refractivity contribution is -0.139. The summed E-state index contributed by atoms with van der Waals surface area (Å²) in [5.74, 6) is -3.10. The first-order valence-electron chi connectivity index (χ1n) is 5.60. The number of rotatable bonds is 4. The van der Waals surface area contributed by atoms with Gasteiger partial charge >= 0.3 is 12.1 Å². The molecule has 0 radical (unpaired) electrons. The Bertz CT molecular complexity index is 584. The van der Waals surface area contributed by atoms with Gasteiger partial charge in [0, 0.05) is 12.6 Å². The molecular formula is C12H11F3N2O4. The number of benzene rings is 1. The van der Waals surface area contributed by atoms with Crippen molar-refractivity contribution >= 4 is 29.2 Å². The Morgan fingerprint density at radius 3 is 2.29 bits per heavy atom. The molecule has 0 aliphatic carbocycles. The molecule has 6 nitrogen and oxygen atoms in total. The van der Waals surface area contributed by atoms with Crippen LogP contribution in [0.5, 0.6) is 0 Å². The second-order valence-corrected chi connectivity index (χ2v) is 4.06. The summed E-state index contributed by atoms with van der Waals surface area (Å²) in [6, 6.07) is 2.75. The number of amides is 2. The number of carboxylic acids is 1. The van der Waals surface area contributed by atoms with Crippen molar-refractivity contribution in [2.45, 2.75) is 19.5 Å². The molecule has 0 aromatic heterocycles. The normalized spacial score (nSPS) is 10.9. The van der Waals surface area contributed by atoms with Crippen LogP contribution in [0.2, 0.25) is 0 Å². The molecule has 2 amide bonds. The lowest BCUT2D eigenvalue weighted by Gasteiger charge is -2.15. The van der Waals surface area contributed by atoms with Gasteiger partial charge < -0.3 is 15.7 Å². The molecule has 114 valence electrons. The van der Waals surface area contributed by atoms with Crippen LogP contribution in [-0.2, 0) is 20.6 Å². The quantitative estimate of drug-likeness (QED) is 0.742. The van der Waals surface area contributed by atoms with E-state index in [-0.39, 0.29) is 5.69 Å². The van der Waals surface area contributed by atoms with Crippen molar-refractivity contribution < 1.29 is 32.7 Å². The van der Waals surface area contributed by atoms with Crippen molar-refractivity contribution in [3.05, 3.63) is 23.8 Å². The summed E-state index contributed by atoms with van der Waals surface area (Å²) in [5, 5.41) is 12.5. The zero-order valence-electron chi connectivity index (χ0n) is 10.7. The van der Waals surface area contributed by atoms with E-state index < -0.39 is 41.6 Å². The van der Waals surface area contributed by atoms with Crippen LogP contribution in [0.1, 0.15) is 18.9 Å². The molecule has 0 heterocycles. The van der Waals surface area contributed by atoms with E-state index in [9.17, 15) is 27.6 Å². The molecule has 1 rings (SSSR count). The van der Waals surface area contributed by atoms with Crippen molar-refractivity contribution in [2.24, 2.45) is 0 Å². The molecule has 0 aliphatic heterocycles. The van der Waals surface area contributed by atoms with Crippen molar-refractivity contribution in [1.82, 2.24) is 0 Å². The molecule has 0 saturated heterocycles. The molecular weight excluding hydrogens is 293 g/mol. The lowest BCUT2D eigenvalue weighted by atomic mass is 10.1. The van der Waals surface area contributed by atoms with Gasteiger partial charge in [0.1, 0.15) is 6.42 Å². The van der Waals surface area contributed by atoms with Gasteiger partial charge in [-0.05, 0) is 18.2 Å². The van der Waals surface area contributed by atoms with E-state index in [1.807, 2.05) is 5.32 Å². The Kier molecular flexibility index (Phi) is 4.90. The zero-order valence-corrected chi connectivity index (χ0v) is 10.7. The van der Waals surface area contributed by atoms with Crippen molar-refractivity contribution in [1.29, 1.82) is 0 Å². The monoisotopic (exact) mass is 304 g/mol. The van der Waals surface area contributed by atoms with Crippen molar-refractivity contribution in [3.8, 4) is 0 Å². The number of anilines is 2. The zero-order chi connectivity index (χ0) is 16.2. The van der Waals surface area contributed by atoms with E-state index in [0.717, 1.165) is 19.1 Å². The Morgan fingerprint density at radius 1 is 1.19 bits per heavy atom. The van der Waals surface area contributed by atoms with Crippen LogP contribution in [0.25, 0.3) is 0 Å². The second-order valence-electron chi connectivity index (χ2n) is 4.06. The third-order valence-corrected chi connectivity index (χ3v) is 2.23. The van der Waals surface area contributed by atoms with Crippen molar-refractivity contribution in [2.75, 3.05) is 10.6 Å². The molecule has 0 spiro atoms. The Morgan fingerprint density at radius 2 is 1.81 bits per heavy atom. The number of hydrogen-bond donors (Lipinski definition) is 3. The van der Waals surface area contributed by atoms with E-state index in [0.29, 0.717) is 6.07 Å². The molecule has 1 aromatic carbocycles. The summed E-state index contributed by atoms with van der Waals surface area (Å²) < 4.78 is 38.7. The van der Waals surface area contributed by atoms with Gasteiger partial charge in [0.05, 0.1) is 11.3 Å². The highest BCUT2D eigenvalue weighted by Crippen LogP contribution is 2.36. The van der Waals surface area contributed by atoms with Crippen LogP contribution in [0.3, 0.4) is 0 Å². The first kappa shape index (κ1) is 16.5. The van der Waals surface area contributed by atoms with Crippen LogP contribution in [-0.4, -0.2) is 22.9 Å². The highest BCUT2D eigenvalue weighted by Gasteiger charge is 2.34. The average Bonchev–Trinajstić information content (AvgIpc) is 2.27. The van der Waals surface area contributed by atoms with Crippen LogP contribution >= 0.6 is 0 Å². The fraction of sp³-hybridized carbons (Fsp3) is 0.250. The molecule has 1 aromatic rings. The fourth-order valence-corrected chi connectivity index (χ4v) is 1.50. The molecule has 0 unspecified atom stereocenters. The average molecular weight is 304 g/mol. The minimum atomic E-state index is -4.78. The summed E-state index contributed by atoms with van der Waals surface area (Å²) >= 11 is 0. The maximum absolute atomic E-state index is 12.9. The molecule has 0 saturated carbocycles. The first-order chi connectivity index (χ1) is 9.59. The predicted molar refractivity (Wildman–Crippen MR) is 66.6 cm³/mol. The molecule has 0 atom stereocenters. The van der Waals surface area contributed by atoms with E-state index in [4.69, 9.17) is 5.11 Å².